The summed E-state index contributed by atoms with van der Waals surface area (Å²) in [6.45, 7) is 2.17. The van der Waals surface area contributed by atoms with Gasteiger partial charge in [-0.2, -0.15) is 0 Å². The predicted octanol–water partition coefficient (Wildman–Crippen LogP) is -0.861. The molecular formula is C7H11NO5. The van der Waals surface area contributed by atoms with Crippen molar-refractivity contribution < 1.29 is 24.2 Å². The number of methoxy groups -OCH3 is 1. The van der Waals surface area contributed by atoms with E-state index in [0.29, 0.717) is 0 Å². The number of carbonyl (C=O) groups is 3. The third-order valence-electron chi connectivity index (χ3n) is 1.45. The number of nitrogens with one attached hydrogen (secondary N) is 1. The largest absolute Gasteiger partial charge is 0.479 e. The minimum Gasteiger partial charge on any atom is -0.479 e. The smallest absolute Gasteiger partial charge is 0.343 e. The Kier molecular flexibility index (Phi) is 3.41. The lowest BCUT2D eigenvalue weighted by atomic mass is 10.0. The molecule has 13 heavy (non-hydrogen) atoms. The van der Waals surface area contributed by atoms with Crippen molar-refractivity contribution in [1.29, 1.82) is 0 Å². The van der Waals surface area contributed by atoms with Crippen LogP contribution in [0.4, 0.5) is 0 Å². The highest BCUT2D eigenvalue weighted by atomic mass is 16.5. The van der Waals surface area contributed by atoms with Crippen LogP contribution in [0.25, 0.3) is 0 Å². The van der Waals surface area contributed by atoms with Gasteiger partial charge in [-0.05, 0) is 6.92 Å². The fourth-order valence-corrected chi connectivity index (χ4v) is 0.748. The molecule has 6 heteroatoms. The Balaban J connectivity index is 4.83. The van der Waals surface area contributed by atoms with Gasteiger partial charge >= 0.3 is 11.9 Å². The molecular weight excluding hydrogens is 178 g/mol. The summed E-state index contributed by atoms with van der Waals surface area (Å²) >= 11 is 0. The number of hydrogen-bond acceptors (Lipinski definition) is 4. The molecule has 0 aliphatic carbocycles. The van der Waals surface area contributed by atoms with E-state index in [9.17, 15) is 14.4 Å². The molecule has 1 unspecified atom stereocenters. The molecule has 0 aromatic heterocycles. The van der Waals surface area contributed by atoms with Crippen molar-refractivity contribution in [3.05, 3.63) is 0 Å². The Bertz CT molecular complexity index is 249. The Morgan fingerprint density at radius 3 is 2.08 bits per heavy atom. The van der Waals surface area contributed by atoms with E-state index in [1.54, 1.807) is 0 Å². The number of aliphatic carboxylic acids is 1. The molecule has 0 fully saturated rings. The van der Waals surface area contributed by atoms with Gasteiger partial charge in [0.25, 0.3) is 0 Å². The SMILES string of the molecule is COC(=O)C(C)(NC(C)=O)C(=O)O. The molecule has 0 aliphatic rings. The second-order valence-corrected chi connectivity index (χ2v) is 2.60. The summed E-state index contributed by atoms with van der Waals surface area (Å²) < 4.78 is 4.24. The lowest BCUT2D eigenvalue weighted by Gasteiger charge is -2.21. The van der Waals surface area contributed by atoms with Crippen LogP contribution in [0.15, 0.2) is 0 Å². The summed E-state index contributed by atoms with van der Waals surface area (Å²) in [6.07, 6.45) is 0. The van der Waals surface area contributed by atoms with Gasteiger partial charge in [-0.15, -0.1) is 0 Å². The maximum atomic E-state index is 11.0. The first-order valence-electron chi connectivity index (χ1n) is 3.45. The van der Waals surface area contributed by atoms with Gasteiger partial charge in [0.1, 0.15) is 0 Å². The number of carboxylic acid groups (broad SMARTS) is 1. The lowest BCUT2D eigenvalue weighted by molar-refractivity contribution is -0.162. The zero-order chi connectivity index (χ0) is 10.6. The number of amides is 1. The van der Waals surface area contributed by atoms with E-state index in [1.807, 2.05) is 5.32 Å². The van der Waals surface area contributed by atoms with E-state index < -0.39 is 23.4 Å². The van der Waals surface area contributed by atoms with Crippen molar-refractivity contribution in [3.8, 4) is 0 Å². The molecule has 1 atom stereocenters. The molecule has 2 N–H and O–H groups in total. The third-order valence-corrected chi connectivity index (χ3v) is 1.45. The Hall–Kier alpha value is -1.59. The fourth-order valence-electron chi connectivity index (χ4n) is 0.748. The fraction of sp³-hybridized carbons (Fsp3) is 0.571. The summed E-state index contributed by atoms with van der Waals surface area (Å²) in [4.78, 5) is 32.2. The molecule has 0 aromatic rings. The molecule has 0 radical (unpaired) electrons. The summed E-state index contributed by atoms with van der Waals surface area (Å²) in [5, 5.41) is 10.7. The van der Waals surface area contributed by atoms with E-state index in [2.05, 4.69) is 4.74 Å². The number of ether oxygens (including phenoxy) is 1. The highest BCUT2D eigenvalue weighted by Crippen LogP contribution is 2.06. The van der Waals surface area contributed by atoms with Crippen LogP contribution in [0.5, 0.6) is 0 Å². The van der Waals surface area contributed by atoms with Crippen molar-refractivity contribution in [1.82, 2.24) is 5.32 Å². The summed E-state index contributed by atoms with van der Waals surface area (Å²) in [7, 11) is 1.05. The molecule has 0 aliphatic heterocycles. The van der Waals surface area contributed by atoms with Crippen LogP contribution in [0.1, 0.15) is 13.8 Å². The number of carbonyl (C=O) groups excluding carboxylic acids is 2. The topological polar surface area (TPSA) is 92.7 Å². The van der Waals surface area contributed by atoms with Crippen molar-refractivity contribution in [2.24, 2.45) is 0 Å². The van der Waals surface area contributed by atoms with E-state index in [-0.39, 0.29) is 0 Å². The predicted molar refractivity (Wildman–Crippen MR) is 41.9 cm³/mol. The van der Waals surface area contributed by atoms with E-state index in [4.69, 9.17) is 5.11 Å². The standard InChI is InChI=1S/C7H11NO5/c1-4(9)8-7(2,5(10)11)6(12)13-3/h1-3H3,(H,8,9)(H,10,11). The Morgan fingerprint density at radius 2 is 1.85 bits per heavy atom. The molecule has 74 valence electrons. The van der Waals surface area contributed by atoms with E-state index in [0.717, 1.165) is 21.0 Å². The monoisotopic (exact) mass is 189 g/mol. The van der Waals surface area contributed by atoms with Gasteiger partial charge < -0.3 is 15.2 Å². The van der Waals surface area contributed by atoms with E-state index >= 15 is 0 Å². The summed E-state index contributed by atoms with van der Waals surface area (Å²) in [5.74, 6) is -3.10. The summed E-state index contributed by atoms with van der Waals surface area (Å²) in [5.41, 5.74) is -2.01. The normalized spacial score (nSPS) is 14.1. The molecule has 0 rings (SSSR count). The molecule has 0 spiro atoms. The van der Waals surface area contributed by atoms with Gasteiger partial charge in [-0.3, -0.25) is 4.79 Å². The quantitative estimate of drug-likeness (QED) is 0.445. The minimum atomic E-state index is -2.01. The average molecular weight is 189 g/mol. The first kappa shape index (κ1) is 11.4. The van der Waals surface area contributed by atoms with Crippen molar-refractivity contribution in [2.45, 2.75) is 19.4 Å². The van der Waals surface area contributed by atoms with Crippen LogP contribution in [-0.2, 0) is 19.1 Å². The molecule has 0 saturated carbocycles. The first-order valence-corrected chi connectivity index (χ1v) is 3.45. The highest BCUT2D eigenvalue weighted by molar-refractivity contribution is 6.06. The summed E-state index contributed by atoms with van der Waals surface area (Å²) in [6, 6.07) is 0. The van der Waals surface area contributed by atoms with Crippen LogP contribution in [0.2, 0.25) is 0 Å². The number of esters is 1. The van der Waals surface area contributed by atoms with Crippen molar-refractivity contribution >= 4 is 17.8 Å². The molecule has 6 nitrogen and oxygen atoms in total. The number of rotatable bonds is 3. The van der Waals surface area contributed by atoms with Gasteiger partial charge in [-0.25, -0.2) is 9.59 Å². The van der Waals surface area contributed by atoms with Crippen LogP contribution in [-0.4, -0.2) is 35.6 Å². The zero-order valence-electron chi connectivity index (χ0n) is 7.58. The van der Waals surface area contributed by atoms with Gasteiger partial charge in [0, 0.05) is 6.92 Å². The van der Waals surface area contributed by atoms with Crippen LogP contribution < -0.4 is 5.32 Å². The maximum Gasteiger partial charge on any atom is 0.343 e. The maximum absolute atomic E-state index is 11.0. The zero-order valence-corrected chi connectivity index (χ0v) is 7.58. The van der Waals surface area contributed by atoms with Crippen LogP contribution in [0.3, 0.4) is 0 Å². The second kappa shape index (κ2) is 3.88. The second-order valence-electron chi connectivity index (χ2n) is 2.60. The van der Waals surface area contributed by atoms with Gasteiger partial charge in [0.05, 0.1) is 7.11 Å². The van der Waals surface area contributed by atoms with Crippen molar-refractivity contribution in [2.75, 3.05) is 7.11 Å². The van der Waals surface area contributed by atoms with Crippen molar-refractivity contribution in [3.63, 3.8) is 0 Å². The Morgan fingerprint density at radius 1 is 1.38 bits per heavy atom. The highest BCUT2D eigenvalue weighted by Gasteiger charge is 2.43. The first-order chi connectivity index (χ1) is 5.84. The van der Waals surface area contributed by atoms with Gasteiger partial charge in [0.15, 0.2) is 0 Å². The molecule has 0 aromatic carbocycles. The number of carboxylic acids is 1. The van der Waals surface area contributed by atoms with Gasteiger partial charge in [-0.1, -0.05) is 0 Å². The minimum absolute atomic E-state index is 0.615. The average Bonchev–Trinajstić information content (AvgIpc) is 2.01. The van der Waals surface area contributed by atoms with Crippen LogP contribution in [0, 0.1) is 0 Å². The third kappa shape index (κ3) is 2.43. The molecule has 0 saturated heterocycles. The van der Waals surface area contributed by atoms with Gasteiger partial charge in [0.2, 0.25) is 11.4 Å². The Labute approximate surface area is 74.9 Å². The number of hydrogen-bond donors (Lipinski definition) is 2. The lowest BCUT2D eigenvalue weighted by Crippen LogP contribution is -2.57. The molecule has 1 amide bonds. The van der Waals surface area contributed by atoms with E-state index in [1.165, 1.54) is 0 Å². The molecule has 0 heterocycles. The molecule has 0 bridgehead atoms. The van der Waals surface area contributed by atoms with Crippen LogP contribution >= 0.6 is 0 Å².